The van der Waals surface area contributed by atoms with Crippen molar-refractivity contribution in [3.05, 3.63) is 47.4 Å². The normalized spacial score (nSPS) is 15.3. The molecule has 0 unspecified atom stereocenters. The van der Waals surface area contributed by atoms with Crippen molar-refractivity contribution in [1.82, 2.24) is 0 Å². The number of amides is 2. The molecule has 3 rings (SSSR count). The summed E-state index contributed by atoms with van der Waals surface area (Å²) < 4.78 is 5.44. The summed E-state index contributed by atoms with van der Waals surface area (Å²) in [6.07, 6.45) is 0.744. The Labute approximate surface area is 128 Å². The van der Waals surface area contributed by atoms with Crippen LogP contribution < -0.4 is 10.6 Å². The molecule has 0 saturated carbocycles. The van der Waals surface area contributed by atoms with Gasteiger partial charge in [0.05, 0.1) is 5.41 Å². The Morgan fingerprint density at radius 1 is 1.27 bits per heavy atom. The first kappa shape index (κ1) is 14.4. The zero-order valence-corrected chi connectivity index (χ0v) is 12.8. The van der Waals surface area contributed by atoms with Crippen LogP contribution in [0, 0.1) is 0 Å². The fraction of sp³-hybridized carbons (Fsp3) is 0.294. The minimum Gasteiger partial charge on any atom is -0.456 e. The van der Waals surface area contributed by atoms with Gasteiger partial charge in [-0.2, -0.15) is 0 Å². The van der Waals surface area contributed by atoms with Crippen molar-refractivity contribution in [2.24, 2.45) is 0 Å². The summed E-state index contributed by atoms with van der Waals surface area (Å²) in [6, 6.07) is 8.86. The number of furan rings is 1. The standard InChI is InChI=1S/C17H18N2O3/c1-4-11-6-8-14(22-11)15(20)18-10-5-7-13-12(9-10)17(2,3)16(21)19-13/h5-9H,4H2,1-3H3,(H,18,20)(H,19,21). The van der Waals surface area contributed by atoms with Gasteiger partial charge in [0, 0.05) is 17.8 Å². The van der Waals surface area contributed by atoms with E-state index in [2.05, 4.69) is 10.6 Å². The number of hydrogen-bond donors (Lipinski definition) is 2. The SMILES string of the molecule is CCc1ccc(C(=O)Nc2ccc3c(c2)C(C)(C)C(=O)N3)o1. The lowest BCUT2D eigenvalue weighted by molar-refractivity contribution is -0.119. The van der Waals surface area contributed by atoms with Gasteiger partial charge in [0.25, 0.3) is 5.91 Å². The molecule has 0 aliphatic carbocycles. The zero-order valence-electron chi connectivity index (χ0n) is 12.8. The monoisotopic (exact) mass is 298 g/mol. The van der Waals surface area contributed by atoms with Crippen molar-refractivity contribution < 1.29 is 14.0 Å². The van der Waals surface area contributed by atoms with Gasteiger partial charge in [-0.15, -0.1) is 0 Å². The molecule has 2 amide bonds. The topological polar surface area (TPSA) is 71.3 Å². The highest BCUT2D eigenvalue weighted by atomic mass is 16.3. The molecule has 22 heavy (non-hydrogen) atoms. The maximum atomic E-state index is 12.2. The lowest BCUT2D eigenvalue weighted by Crippen LogP contribution is -2.26. The van der Waals surface area contributed by atoms with Crippen LogP contribution in [-0.4, -0.2) is 11.8 Å². The quantitative estimate of drug-likeness (QED) is 0.913. The second-order valence-corrected chi connectivity index (χ2v) is 5.91. The van der Waals surface area contributed by atoms with E-state index in [0.29, 0.717) is 5.69 Å². The molecule has 0 bridgehead atoms. The summed E-state index contributed by atoms with van der Waals surface area (Å²) >= 11 is 0. The van der Waals surface area contributed by atoms with Crippen molar-refractivity contribution in [3.63, 3.8) is 0 Å². The Morgan fingerprint density at radius 3 is 2.73 bits per heavy atom. The average molecular weight is 298 g/mol. The van der Waals surface area contributed by atoms with Gasteiger partial charge >= 0.3 is 0 Å². The molecule has 1 aromatic carbocycles. The van der Waals surface area contributed by atoms with Crippen molar-refractivity contribution in [1.29, 1.82) is 0 Å². The number of carbonyl (C=O) groups is 2. The molecular weight excluding hydrogens is 280 g/mol. The fourth-order valence-corrected chi connectivity index (χ4v) is 2.53. The second kappa shape index (κ2) is 5.02. The van der Waals surface area contributed by atoms with Crippen LogP contribution in [0.5, 0.6) is 0 Å². The highest BCUT2D eigenvalue weighted by Gasteiger charge is 2.38. The Hall–Kier alpha value is -2.56. The van der Waals surface area contributed by atoms with E-state index < -0.39 is 5.41 Å². The van der Waals surface area contributed by atoms with Crippen LogP contribution in [0.1, 0.15) is 42.6 Å². The van der Waals surface area contributed by atoms with Gasteiger partial charge in [-0.1, -0.05) is 6.92 Å². The highest BCUT2D eigenvalue weighted by molar-refractivity contribution is 6.07. The molecule has 0 atom stereocenters. The van der Waals surface area contributed by atoms with Crippen molar-refractivity contribution >= 4 is 23.2 Å². The van der Waals surface area contributed by atoms with E-state index in [1.807, 2.05) is 26.8 Å². The maximum Gasteiger partial charge on any atom is 0.291 e. The van der Waals surface area contributed by atoms with Gasteiger partial charge in [0.1, 0.15) is 5.76 Å². The molecule has 0 radical (unpaired) electrons. The minimum atomic E-state index is -0.601. The van der Waals surface area contributed by atoms with Crippen molar-refractivity contribution in [3.8, 4) is 0 Å². The van der Waals surface area contributed by atoms with Gasteiger partial charge in [-0.3, -0.25) is 9.59 Å². The Balaban J connectivity index is 1.84. The van der Waals surface area contributed by atoms with E-state index in [1.165, 1.54) is 0 Å². The number of nitrogens with one attached hydrogen (secondary N) is 2. The van der Waals surface area contributed by atoms with E-state index in [0.717, 1.165) is 23.4 Å². The lowest BCUT2D eigenvalue weighted by atomic mass is 9.86. The van der Waals surface area contributed by atoms with Crippen LogP contribution in [0.2, 0.25) is 0 Å². The fourth-order valence-electron chi connectivity index (χ4n) is 2.53. The van der Waals surface area contributed by atoms with Gasteiger partial charge < -0.3 is 15.1 Å². The minimum absolute atomic E-state index is 0.0374. The summed E-state index contributed by atoms with van der Waals surface area (Å²) in [6.45, 7) is 5.69. The Kier molecular flexibility index (Phi) is 3.28. The van der Waals surface area contributed by atoms with Crippen LogP contribution in [0.15, 0.2) is 34.7 Å². The largest absolute Gasteiger partial charge is 0.456 e. The van der Waals surface area contributed by atoms with Gasteiger partial charge in [-0.05, 0) is 49.7 Å². The summed E-state index contributed by atoms with van der Waals surface area (Å²) in [5.74, 6) is 0.722. The smallest absolute Gasteiger partial charge is 0.291 e. The number of hydrogen-bond acceptors (Lipinski definition) is 3. The van der Waals surface area contributed by atoms with Crippen LogP contribution in [0.4, 0.5) is 11.4 Å². The second-order valence-electron chi connectivity index (χ2n) is 5.91. The van der Waals surface area contributed by atoms with E-state index >= 15 is 0 Å². The lowest BCUT2D eigenvalue weighted by Gasteiger charge is -2.15. The molecular formula is C17H18N2O3. The maximum absolute atomic E-state index is 12.2. The highest BCUT2D eigenvalue weighted by Crippen LogP contribution is 2.38. The number of anilines is 2. The molecule has 1 aliphatic heterocycles. The Bertz CT molecular complexity index is 759. The molecule has 1 aromatic heterocycles. The molecule has 5 nitrogen and oxygen atoms in total. The number of benzene rings is 1. The summed E-state index contributed by atoms with van der Waals surface area (Å²) in [7, 11) is 0. The summed E-state index contributed by atoms with van der Waals surface area (Å²) in [4.78, 5) is 24.1. The van der Waals surface area contributed by atoms with E-state index in [1.54, 1.807) is 24.3 Å². The molecule has 0 saturated heterocycles. The molecule has 0 spiro atoms. The molecule has 2 N–H and O–H groups in total. The van der Waals surface area contributed by atoms with E-state index in [-0.39, 0.29) is 17.6 Å². The van der Waals surface area contributed by atoms with E-state index in [4.69, 9.17) is 4.42 Å². The molecule has 2 aromatic rings. The Morgan fingerprint density at radius 2 is 2.05 bits per heavy atom. The average Bonchev–Trinajstić information content (AvgIpc) is 3.04. The van der Waals surface area contributed by atoms with Gasteiger partial charge in [-0.25, -0.2) is 0 Å². The predicted octanol–water partition coefficient (Wildman–Crippen LogP) is 3.32. The third-order valence-electron chi connectivity index (χ3n) is 4.00. The summed E-state index contributed by atoms with van der Waals surface area (Å²) in [5, 5.41) is 5.65. The van der Waals surface area contributed by atoms with Crippen LogP contribution >= 0.6 is 0 Å². The number of carbonyl (C=O) groups excluding carboxylic acids is 2. The van der Waals surface area contributed by atoms with Crippen LogP contribution in [0.25, 0.3) is 0 Å². The number of fused-ring (bicyclic) bond motifs is 1. The van der Waals surface area contributed by atoms with E-state index in [9.17, 15) is 9.59 Å². The number of rotatable bonds is 3. The van der Waals surface area contributed by atoms with Crippen molar-refractivity contribution in [2.75, 3.05) is 10.6 Å². The zero-order chi connectivity index (χ0) is 15.9. The third-order valence-corrected chi connectivity index (χ3v) is 4.00. The molecule has 2 heterocycles. The number of aryl methyl sites for hydroxylation is 1. The molecule has 0 fully saturated rings. The first-order chi connectivity index (χ1) is 10.4. The first-order valence-electron chi connectivity index (χ1n) is 7.28. The van der Waals surface area contributed by atoms with Crippen molar-refractivity contribution in [2.45, 2.75) is 32.6 Å². The third kappa shape index (κ3) is 2.28. The molecule has 1 aliphatic rings. The van der Waals surface area contributed by atoms with Gasteiger partial charge in [0.2, 0.25) is 5.91 Å². The van der Waals surface area contributed by atoms with Gasteiger partial charge in [0.15, 0.2) is 5.76 Å². The first-order valence-corrected chi connectivity index (χ1v) is 7.28. The van der Waals surface area contributed by atoms with Crippen LogP contribution in [0.3, 0.4) is 0 Å². The summed E-state index contributed by atoms with van der Waals surface area (Å²) in [5.41, 5.74) is 1.71. The molecule has 114 valence electrons. The van der Waals surface area contributed by atoms with Crippen LogP contribution in [-0.2, 0) is 16.6 Å². The molecule has 5 heteroatoms. The predicted molar refractivity (Wildman–Crippen MR) is 84.1 cm³/mol.